The lowest BCUT2D eigenvalue weighted by molar-refractivity contribution is -0.140. The Bertz CT molecular complexity index is 1160. The lowest BCUT2D eigenvalue weighted by Crippen LogP contribution is -2.48. The van der Waals surface area contributed by atoms with E-state index in [1.165, 1.54) is 24.9 Å². The summed E-state index contributed by atoms with van der Waals surface area (Å²) in [5, 5.41) is 5.19. The highest BCUT2D eigenvalue weighted by Gasteiger charge is 2.33. The van der Waals surface area contributed by atoms with Crippen LogP contribution in [0.15, 0.2) is 72.1 Å². The van der Waals surface area contributed by atoms with Crippen LogP contribution < -0.4 is 5.32 Å². The smallest absolute Gasteiger partial charge is 0.337 e. The second-order valence-electron chi connectivity index (χ2n) is 9.44. The van der Waals surface area contributed by atoms with Gasteiger partial charge in [-0.25, -0.2) is 4.79 Å². The number of hydrogen-bond acceptors (Lipinski definition) is 5. The highest BCUT2D eigenvalue weighted by atomic mass is 32.1. The first-order valence-electron chi connectivity index (χ1n) is 12.9. The van der Waals surface area contributed by atoms with E-state index < -0.39 is 12.0 Å². The van der Waals surface area contributed by atoms with E-state index in [1.54, 1.807) is 29.2 Å². The second kappa shape index (κ2) is 13.2. The molecule has 1 aliphatic carbocycles. The third kappa shape index (κ3) is 7.29. The molecule has 4 rings (SSSR count). The third-order valence-corrected chi connectivity index (χ3v) is 7.75. The summed E-state index contributed by atoms with van der Waals surface area (Å²) < 4.78 is 4.83. The number of carbonyl (C=O) groups excluding carboxylic acids is 3. The molecule has 1 aliphatic rings. The van der Waals surface area contributed by atoms with E-state index >= 15 is 0 Å². The summed E-state index contributed by atoms with van der Waals surface area (Å²) in [4.78, 5) is 42.3. The van der Waals surface area contributed by atoms with Gasteiger partial charge in [0.25, 0.3) is 0 Å². The fourth-order valence-electron chi connectivity index (χ4n) is 4.88. The van der Waals surface area contributed by atoms with Crippen LogP contribution >= 0.6 is 11.3 Å². The molecule has 0 saturated heterocycles. The maximum Gasteiger partial charge on any atom is 0.337 e. The predicted molar refractivity (Wildman–Crippen MR) is 145 cm³/mol. The van der Waals surface area contributed by atoms with E-state index in [1.807, 2.05) is 47.8 Å². The van der Waals surface area contributed by atoms with Crippen LogP contribution in [0.25, 0.3) is 0 Å². The Morgan fingerprint density at radius 3 is 2.35 bits per heavy atom. The van der Waals surface area contributed by atoms with Crippen molar-refractivity contribution in [3.63, 3.8) is 0 Å². The first-order valence-corrected chi connectivity index (χ1v) is 13.8. The number of esters is 1. The van der Waals surface area contributed by atoms with Crippen LogP contribution in [0, 0.1) is 0 Å². The van der Waals surface area contributed by atoms with Gasteiger partial charge >= 0.3 is 5.97 Å². The molecule has 1 saturated carbocycles. The Morgan fingerprint density at radius 1 is 0.973 bits per heavy atom. The summed E-state index contributed by atoms with van der Waals surface area (Å²) in [6.07, 6.45) is 6.15. The molecule has 0 bridgehead atoms. The van der Waals surface area contributed by atoms with E-state index in [9.17, 15) is 14.4 Å². The molecule has 0 unspecified atom stereocenters. The monoisotopic (exact) mass is 518 g/mol. The Balaban J connectivity index is 1.66. The van der Waals surface area contributed by atoms with E-state index in [2.05, 4.69) is 5.32 Å². The van der Waals surface area contributed by atoms with Gasteiger partial charge in [-0.1, -0.05) is 67.8 Å². The van der Waals surface area contributed by atoms with Gasteiger partial charge in [-0.15, -0.1) is 11.3 Å². The van der Waals surface area contributed by atoms with Crippen LogP contribution in [0.2, 0.25) is 0 Å². The number of ether oxygens (including phenoxy) is 1. The minimum atomic E-state index is -0.801. The first-order chi connectivity index (χ1) is 18.0. The number of thiophene rings is 1. The molecule has 3 aromatic rings. The van der Waals surface area contributed by atoms with Gasteiger partial charge in [-0.05, 0) is 54.0 Å². The van der Waals surface area contributed by atoms with Crippen molar-refractivity contribution in [2.75, 3.05) is 13.7 Å². The number of rotatable bonds is 10. The summed E-state index contributed by atoms with van der Waals surface area (Å²) >= 11 is 1.54. The van der Waals surface area contributed by atoms with Gasteiger partial charge in [-0.3, -0.25) is 9.59 Å². The van der Waals surface area contributed by atoms with E-state index in [0.29, 0.717) is 24.1 Å². The maximum atomic E-state index is 13.9. The van der Waals surface area contributed by atoms with Crippen LogP contribution in [0.3, 0.4) is 0 Å². The Kier molecular flexibility index (Phi) is 9.49. The van der Waals surface area contributed by atoms with Gasteiger partial charge in [0.1, 0.15) is 6.04 Å². The number of hydrogen-bond donors (Lipinski definition) is 1. The molecule has 194 valence electrons. The minimum absolute atomic E-state index is 0.0979. The van der Waals surface area contributed by atoms with Crippen molar-refractivity contribution in [1.29, 1.82) is 0 Å². The van der Waals surface area contributed by atoms with Crippen LogP contribution in [-0.2, 0) is 27.2 Å². The molecule has 2 aromatic carbocycles. The summed E-state index contributed by atoms with van der Waals surface area (Å²) in [5.41, 5.74) is 2.18. The van der Waals surface area contributed by atoms with Gasteiger partial charge in [0.05, 0.1) is 19.1 Å². The minimum Gasteiger partial charge on any atom is -0.465 e. The van der Waals surface area contributed by atoms with Crippen molar-refractivity contribution in [2.45, 2.75) is 57.0 Å². The fraction of sp³-hybridized carbons (Fsp3) is 0.367. The van der Waals surface area contributed by atoms with Crippen molar-refractivity contribution >= 4 is 29.1 Å². The Morgan fingerprint density at radius 2 is 1.70 bits per heavy atom. The van der Waals surface area contributed by atoms with Crippen molar-refractivity contribution in [2.24, 2.45) is 0 Å². The fourth-order valence-corrected chi connectivity index (χ4v) is 5.57. The Labute approximate surface area is 222 Å². The van der Waals surface area contributed by atoms with Crippen molar-refractivity contribution < 1.29 is 19.1 Å². The zero-order valence-corrected chi connectivity index (χ0v) is 22.0. The van der Waals surface area contributed by atoms with Crippen molar-refractivity contribution in [3.8, 4) is 0 Å². The zero-order valence-electron chi connectivity index (χ0n) is 21.2. The molecule has 0 spiro atoms. The lowest BCUT2D eigenvalue weighted by atomic mass is 9.94. The molecule has 0 aliphatic heterocycles. The third-order valence-electron chi connectivity index (χ3n) is 6.87. The number of carbonyl (C=O) groups is 3. The highest BCUT2D eigenvalue weighted by molar-refractivity contribution is 7.10. The van der Waals surface area contributed by atoms with E-state index in [-0.39, 0.29) is 24.3 Å². The number of nitrogens with one attached hydrogen (secondary N) is 1. The molecule has 1 heterocycles. The van der Waals surface area contributed by atoms with Crippen molar-refractivity contribution in [3.05, 3.63) is 93.7 Å². The number of methoxy groups -OCH3 is 1. The summed E-state index contributed by atoms with van der Waals surface area (Å²) in [6.45, 7) is 0.399. The SMILES string of the molecule is COC(=O)c1ccc([C@H](C(=O)NC2CCCCC2)N(CCc2ccccc2)C(=O)Cc2cccs2)cc1. The topological polar surface area (TPSA) is 75.7 Å². The van der Waals surface area contributed by atoms with Gasteiger partial charge in [0.15, 0.2) is 0 Å². The largest absolute Gasteiger partial charge is 0.465 e. The molecule has 6 nitrogen and oxygen atoms in total. The highest BCUT2D eigenvalue weighted by Crippen LogP contribution is 2.26. The number of amides is 2. The van der Waals surface area contributed by atoms with Gasteiger partial charge in [-0.2, -0.15) is 0 Å². The van der Waals surface area contributed by atoms with E-state index in [4.69, 9.17) is 4.74 Å². The molecular formula is C30H34N2O4S. The zero-order chi connectivity index (χ0) is 26.0. The van der Waals surface area contributed by atoms with Crippen LogP contribution in [-0.4, -0.2) is 42.4 Å². The van der Waals surface area contributed by atoms with Crippen LogP contribution in [0.1, 0.15) is 64.5 Å². The van der Waals surface area contributed by atoms with Gasteiger partial charge in [0, 0.05) is 17.5 Å². The van der Waals surface area contributed by atoms with Crippen LogP contribution in [0.5, 0.6) is 0 Å². The second-order valence-corrected chi connectivity index (χ2v) is 10.5. The number of nitrogens with zero attached hydrogens (tertiary/aromatic N) is 1. The predicted octanol–water partition coefficient (Wildman–Crippen LogP) is 5.34. The molecule has 1 fully saturated rings. The lowest BCUT2D eigenvalue weighted by Gasteiger charge is -2.33. The average Bonchev–Trinajstić information content (AvgIpc) is 3.44. The van der Waals surface area contributed by atoms with Gasteiger partial charge in [0.2, 0.25) is 11.8 Å². The van der Waals surface area contributed by atoms with Crippen molar-refractivity contribution in [1.82, 2.24) is 10.2 Å². The molecular weight excluding hydrogens is 484 g/mol. The quantitative estimate of drug-likeness (QED) is 0.368. The molecule has 2 amide bonds. The van der Waals surface area contributed by atoms with Crippen LogP contribution in [0.4, 0.5) is 0 Å². The summed E-state index contributed by atoms with van der Waals surface area (Å²) in [6, 6.07) is 20.0. The normalized spacial score (nSPS) is 14.5. The van der Waals surface area contributed by atoms with E-state index in [0.717, 1.165) is 36.1 Å². The van der Waals surface area contributed by atoms with Gasteiger partial charge < -0.3 is 15.0 Å². The Hall–Kier alpha value is -3.45. The molecule has 37 heavy (non-hydrogen) atoms. The molecule has 1 aromatic heterocycles. The maximum absolute atomic E-state index is 13.9. The molecule has 7 heteroatoms. The standard InChI is InChI=1S/C30H34N2O4S/c1-36-30(35)24-16-14-23(15-17-24)28(29(34)31-25-11-6-3-7-12-25)32(19-18-22-9-4-2-5-10-22)27(33)21-26-13-8-20-37-26/h2,4-5,8-10,13-17,20,25,28H,3,6-7,11-12,18-19,21H2,1H3,(H,31,34)/t28-/m1/s1. The molecule has 0 radical (unpaired) electrons. The summed E-state index contributed by atoms with van der Waals surface area (Å²) in [5.74, 6) is -0.714. The first kappa shape index (κ1) is 26.6. The molecule has 1 N–H and O–H groups in total. The average molecular weight is 519 g/mol. The number of benzene rings is 2. The molecule has 1 atom stereocenters. The summed E-state index contributed by atoms with van der Waals surface area (Å²) in [7, 11) is 1.34.